The second kappa shape index (κ2) is 6.59. The summed E-state index contributed by atoms with van der Waals surface area (Å²) in [5.74, 6) is -2.76. The molecule has 0 saturated carbocycles. The molecule has 8 heteroatoms. The SMILES string of the molecule is CCOC[C@@H]1CC(F)(F)CN1C1CN(C(=O)c2ccc3nc[nH]c3c2)C1. The lowest BCUT2D eigenvalue weighted by Crippen LogP contribution is -2.62. The second-order valence-electron chi connectivity index (χ2n) is 7.04. The van der Waals surface area contributed by atoms with Gasteiger partial charge in [-0.15, -0.1) is 0 Å². The maximum atomic E-state index is 13.8. The van der Waals surface area contributed by atoms with E-state index in [0.29, 0.717) is 31.9 Å². The number of nitrogens with zero attached hydrogens (tertiary/aromatic N) is 3. The van der Waals surface area contributed by atoms with Crippen molar-refractivity contribution in [3.8, 4) is 0 Å². The molecule has 1 aromatic carbocycles. The molecule has 1 N–H and O–H groups in total. The minimum Gasteiger partial charge on any atom is -0.380 e. The molecule has 2 aliphatic rings. The molecule has 1 atom stereocenters. The zero-order valence-corrected chi connectivity index (χ0v) is 14.6. The number of hydrogen-bond donors (Lipinski definition) is 1. The highest BCUT2D eigenvalue weighted by molar-refractivity contribution is 5.97. The first-order valence-electron chi connectivity index (χ1n) is 8.90. The number of rotatable bonds is 5. The third kappa shape index (κ3) is 3.19. The van der Waals surface area contributed by atoms with Crippen LogP contribution in [0.4, 0.5) is 8.78 Å². The first-order valence-corrected chi connectivity index (χ1v) is 8.90. The van der Waals surface area contributed by atoms with Crippen LogP contribution < -0.4 is 0 Å². The van der Waals surface area contributed by atoms with Crippen LogP contribution in [-0.2, 0) is 4.74 Å². The highest BCUT2D eigenvalue weighted by atomic mass is 19.3. The molecule has 0 spiro atoms. The van der Waals surface area contributed by atoms with Crippen molar-refractivity contribution in [2.45, 2.75) is 31.4 Å². The van der Waals surface area contributed by atoms with Crippen LogP contribution in [0.25, 0.3) is 11.0 Å². The number of halogens is 2. The van der Waals surface area contributed by atoms with E-state index in [1.54, 1.807) is 29.4 Å². The Balaban J connectivity index is 1.40. The van der Waals surface area contributed by atoms with Crippen molar-refractivity contribution < 1.29 is 18.3 Å². The molecule has 26 heavy (non-hydrogen) atoms. The fraction of sp³-hybridized carbons (Fsp3) is 0.556. The molecule has 0 unspecified atom stereocenters. The highest BCUT2D eigenvalue weighted by Gasteiger charge is 2.50. The minimum atomic E-state index is -2.68. The maximum Gasteiger partial charge on any atom is 0.262 e. The van der Waals surface area contributed by atoms with Crippen LogP contribution in [-0.4, -0.2) is 76.5 Å². The molecular weight excluding hydrogens is 342 g/mol. The molecule has 0 radical (unpaired) electrons. The van der Waals surface area contributed by atoms with Gasteiger partial charge in [0.05, 0.1) is 30.5 Å². The first kappa shape index (κ1) is 17.4. The zero-order chi connectivity index (χ0) is 18.3. The normalized spacial score (nSPS) is 23.5. The number of nitrogens with one attached hydrogen (secondary N) is 1. The van der Waals surface area contributed by atoms with E-state index in [1.165, 1.54) is 0 Å². The Labute approximate surface area is 150 Å². The van der Waals surface area contributed by atoms with Crippen LogP contribution in [0.1, 0.15) is 23.7 Å². The Morgan fingerprint density at radius 2 is 2.23 bits per heavy atom. The third-order valence-corrected chi connectivity index (χ3v) is 5.22. The van der Waals surface area contributed by atoms with Gasteiger partial charge in [0.25, 0.3) is 11.8 Å². The van der Waals surface area contributed by atoms with Gasteiger partial charge in [0.2, 0.25) is 0 Å². The van der Waals surface area contributed by atoms with Gasteiger partial charge in [-0.2, -0.15) is 0 Å². The number of imidazole rings is 1. The molecule has 1 aromatic heterocycles. The fourth-order valence-electron chi connectivity index (χ4n) is 3.84. The quantitative estimate of drug-likeness (QED) is 0.883. The Morgan fingerprint density at radius 1 is 1.42 bits per heavy atom. The van der Waals surface area contributed by atoms with E-state index in [2.05, 4.69) is 9.97 Å². The molecular formula is C18H22F2N4O2. The van der Waals surface area contributed by atoms with Gasteiger partial charge in [-0.3, -0.25) is 9.69 Å². The number of alkyl halides is 2. The van der Waals surface area contributed by atoms with Gasteiger partial charge in [-0.25, -0.2) is 13.8 Å². The molecule has 140 valence electrons. The summed E-state index contributed by atoms with van der Waals surface area (Å²) < 4.78 is 33.1. The summed E-state index contributed by atoms with van der Waals surface area (Å²) in [6.45, 7) is 3.38. The van der Waals surface area contributed by atoms with Gasteiger partial charge in [0.15, 0.2) is 0 Å². The van der Waals surface area contributed by atoms with E-state index < -0.39 is 5.92 Å². The lowest BCUT2D eigenvalue weighted by molar-refractivity contribution is -0.0148. The number of H-pyrrole nitrogens is 1. The third-order valence-electron chi connectivity index (χ3n) is 5.22. The lowest BCUT2D eigenvalue weighted by Gasteiger charge is -2.45. The van der Waals surface area contributed by atoms with Crippen molar-refractivity contribution in [3.63, 3.8) is 0 Å². The van der Waals surface area contributed by atoms with Crippen LogP contribution in [0, 0.1) is 0 Å². The van der Waals surface area contributed by atoms with Crippen molar-refractivity contribution in [1.82, 2.24) is 19.8 Å². The number of ether oxygens (including phenoxy) is 1. The molecule has 2 aliphatic heterocycles. The number of hydrogen-bond acceptors (Lipinski definition) is 4. The van der Waals surface area contributed by atoms with Crippen LogP contribution in [0.2, 0.25) is 0 Å². The number of benzene rings is 1. The summed E-state index contributed by atoms with van der Waals surface area (Å²) >= 11 is 0. The Kier molecular flexibility index (Phi) is 4.40. The fourth-order valence-corrected chi connectivity index (χ4v) is 3.84. The zero-order valence-electron chi connectivity index (χ0n) is 14.6. The Hall–Kier alpha value is -2.06. The molecule has 2 aromatic rings. The summed E-state index contributed by atoms with van der Waals surface area (Å²) in [6, 6.07) is 5.01. The van der Waals surface area contributed by atoms with Crippen molar-refractivity contribution in [2.75, 3.05) is 32.8 Å². The summed E-state index contributed by atoms with van der Waals surface area (Å²) in [7, 11) is 0. The summed E-state index contributed by atoms with van der Waals surface area (Å²) in [5.41, 5.74) is 2.20. The van der Waals surface area contributed by atoms with Crippen molar-refractivity contribution in [2.24, 2.45) is 0 Å². The molecule has 2 saturated heterocycles. The van der Waals surface area contributed by atoms with Gasteiger partial charge < -0.3 is 14.6 Å². The summed E-state index contributed by atoms with van der Waals surface area (Å²) in [6.07, 6.45) is 1.42. The number of likely N-dealkylation sites (tertiary alicyclic amines) is 2. The standard InChI is InChI=1S/C18H22F2N4O2/c1-2-26-9-13-6-18(19,20)10-24(13)14-7-23(8-14)17(25)12-3-4-15-16(5-12)22-11-21-15/h3-5,11,13-14H,2,6-10H2,1H3,(H,21,22)/t13-/m0/s1. The summed E-state index contributed by atoms with van der Waals surface area (Å²) in [4.78, 5) is 23.3. The largest absolute Gasteiger partial charge is 0.380 e. The Morgan fingerprint density at radius 3 is 3.00 bits per heavy atom. The van der Waals surface area contributed by atoms with E-state index in [4.69, 9.17) is 4.74 Å². The van der Waals surface area contributed by atoms with Gasteiger partial charge in [-0.05, 0) is 25.1 Å². The average Bonchev–Trinajstić information content (AvgIpc) is 3.14. The van der Waals surface area contributed by atoms with Crippen LogP contribution in [0.15, 0.2) is 24.5 Å². The number of fused-ring (bicyclic) bond motifs is 1. The number of aromatic nitrogens is 2. The van der Waals surface area contributed by atoms with Gasteiger partial charge in [-0.1, -0.05) is 0 Å². The molecule has 6 nitrogen and oxygen atoms in total. The lowest BCUT2D eigenvalue weighted by atomic mass is 10.0. The highest BCUT2D eigenvalue weighted by Crippen LogP contribution is 2.35. The monoisotopic (exact) mass is 364 g/mol. The van der Waals surface area contributed by atoms with Crippen LogP contribution >= 0.6 is 0 Å². The molecule has 2 fully saturated rings. The minimum absolute atomic E-state index is 0.0336. The summed E-state index contributed by atoms with van der Waals surface area (Å²) in [5, 5.41) is 0. The van der Waals surface area contributed by atoms with E-state index in [1.807, 2.05) is 11.8 Å². The van der Waals surface area contributed by atoms with Crippen molar-refractivity contribution in [3.05, 3.63) is 30.1 Å². The van der Waals surface area contributed by atoms with E-state index in [-0.39, 0.29) is 31.0 Å². The smallest absolute Gasteiger partial charge is 0.262 e. The molecule has 0 bridgehead atoms. The Bertz CT molecular complexity index is 803. The van der Waals surface area contributed by atoms with Crippen LogP contribution in [0.3, 0.4) is 0 Å². The van der Waals surface area contributed by atoms with E-state index in [9.17, 15) is 13.6 Å². The number of aromatic amines is 1. The number of amides is 1. The molecule has 1 amide bonds. The van der Waals surface area contributed by atoms with Gasteiger partial charge >= 0.3 is 0 Å². The molecule has 3 heterocycles. The maximum absolute atomic E-state index is 13.8. The average molecular weight is 364 g/mol. The first-order chi connectivity index (χ1) is 12.5. The second-order valence-corrected chi connectivity index (χ2v) is 7.04. The van der Waals surface area contributed by atoms with Crippen molar-refractivity contribution >= 4 is 16.9 Å². The number of carbonyl (C=O) groups excluding carboxylic acids is 1. The van der Waals surface area contributed by atoms with Crippen molar-refractivity contribution in [1.29, 1.82) is 0 Å². The topological polar surface area (TPSA) is 61.5 Å². The van der Waals surface area contributed by atoms with Gasteiger partial charge in [0.1, 0.15) is 0 Å². The predicted molar refractivity (Wildman–Crippen MR) is 92.3 cm³/mol. The molecule has 0 aliphatic carbocycles. The van der Waals surface area contributed by atoms with E-state index >= 15 is 0 Å². The van der Waals surface area contributed by atoms with Gasteiger partial charge in [0, 0.05) is 43.8 Å². The number of carbonyl (C=O) groups is 1. The van der Waals surface area contributed by atoms with Crippen LogP contribution in [0.5, 0.6) is 0 Å². The molecule has 4 rings (SSSR count). The predicted octanol–water partition coefficient (Wildman–Crippen LogP) is 2.13. The van der Waals surface area contributed by atoms with E-state index in [0.717, 1.165) is 11.0 Å².